The van der Waals surface area contributed by atoms with Crippen molar-refractivity contribution in [2.75, 3.05) is 4.90 Å². The topological polar surface area (TPSA) is 80.8 Å². The first-order valence-electron chi connectivity index (χ1n) is 10.7. The molecule has 1 spiro atoms. The van der Waals surface area contributed by atoms with Crippen LogP contribution in [0.5, 0.6) is 0 Å². The van der Waals surface area contributed by atoms with Gasteiger partial charge in [0, 0.05) is 31.2 Å². The number of Topliss-reactive ketones (excluding diaryl/α,β-unsaturated/α-hetero) is 2. The minimum absolute atomic E-state index is 0.168. The molecule has 2 aliphatic heterocycles. The van der Waals surface area contributed by atoms with Gasteiger partial charge in [-0.2, -0.15) is 0 Å². The van der Waals surface area contributed by atoms with Gasteiger partial charge in [-0.1, -0.05) is 69.5 Å². The van der Waals surface area contributed by atoms with Gasteiger partial charge in [-0.05, 0) is 36.4 Å². The van der Waals surface area contributed by atoms with E-state index in [0.29, 0.717) is 16.3 Å². The second kappa shape index (κ2) is 7.83. The molecular weight excluding hydrogens is 557 g/mol. The molecule has 9 heteroatoms. The molecule has 1 aliphatic carbocycles. The van der Waals surface area contributed by atoms with Crippen molar-refractivity contribution in [3.8, 4) is 0 Å². The first kappa shape index (κ1) is 22.6. The summed E-state index contributed by atoms with van der Waals surface area (Å²) >= 11 is 15.9. The number of fused-ring (bicyclic) bond motifs is 3. The number of halogens is 3. The van der Waals surface area contributed by atoms with Crippen LogP contribution in [0.1, 0.15) is 32.4 Å². The Balaban J connectivity index is 1.56. The normalized spacial score (nSPS) is 24.4. The van der Waals surface area contributed by atoms with Gasteiger partial charge in [0.2, 0.25) is 29.0 Å². The van der Waals surface area contributed by atoms with Crippen LogP contribution in [0, 0.1) is 11.8 Å². The minimum atomic E-state index is -2.15. The molecule has 3 aliphatic rings. The third-order valence-electron chi connectivity index (χ3n) is 6.87. The van der Waals surface area contributed by atoms with Crippen molar-refractivity contribution in [1.82, 2.24) is 0 Å². The summed E-state index contributed by atoms with van der Waals surface area (Å²) in [4.78, 5) is 56.2. The van der Waals surface area contributed by atoms with Gasteiger partial charge in [-0.3, -0.25) is 19.2 Å². The van der Waals surface area contributed by atoms with E-state index < -0.39 is 46.9 Å². The number of nitrogens with zero attached hydrogens (tertiary/aromatic N) is 1. The summed E-state index contributed by atoms with van der Waals surface area (Å²) in [6, 6.07) is 17.6. The SMILES string of the molecule is O=C1[C@@H]2[C@@H](c3ccc(Cl)cc3Cl)OC3(C(=O)c4ccccc4C3=O)[C@H]2C(=O)N1c1ccc(Br)cc1. The second-order valence-corrected chi connectivity index (χ2v) is 10.4. The van der Waals surface area contributed by atoms with Crippen LogP contribution in [0.2, 0.25) is 10.0 Å². The second-order valence-electron chi connectivity index (χ2n) is 8.64. The predicted molar refractivity (Wildman–Crippen MR) is 132 cm³/mol. The zero-order chi connectivity index (χ0) is 24.6. The smallest absolute Gasteiger partial charge is 0.241 e. The molecule has 2 heterocycles. The molecular formula is C26H14BrCl2NO5. The lowest BCUT2D eigenvalue weighted by molar-refractivity contribution is -0.127. The highest BCUT2D eigenvalue weighted by molar-refractivity contribution is 9.10. The van der Waals surface area contributed by atoms with Crippen LogP contribution < -0.4 is 4.90 Å². The zero-order valence-corrected chi connectivity index (χ0v) is 20.8. The van der Waals surface area contributed by atoms with Gasteiger partial charge in [0.05, 0.1) is 23.6 Å². The Morgan fingerprint density at radius 2 is 1.46 bits per heavy atom. The Bertz CT molecular complexity index is 1440. The number of imide groups is 1. The van der Waals surface area contributed by atoms with Crippen LogP contribution in [0.25, 0.3) is 0 Å². The molecule has 2 fully saturated rings. The average Bonchev–Trinajstić information content (AvgIpc) is 3.40. The lowest BCUT2D eigenvalue weighted by Gasteiger charge is -2.27. The highest BCUT2D eigenvalue weighted by atomic mass is 79.9. The summed E-state index contributed by atoms with van der Waals surface area (Å²) in [6.45, 7) is 0. The molecule has 3 aromatic carbocycles. The van der Waals surface area contributed by atoms with Crippen LogP contribution in [0.15, 0.2) is 71.2 Å². The van der Waals surface area contributed by atoms with Crippen molar-refractivity contribution in [3.63, 3.8) is 0 Å². The van der Waals surface area contributed by atoms with Crippen LogP contribution in [-0.4, -0.2) is 29.0 Å². The van der Waals surface area contributed by atoms with Crippen LogP contribution in [0.4, 0.5) is 5.69 Å². The van der Waals surface area contributed by atoms with E-state index in [-0.39, 0.29) is 16.1 Å². The third-order valence-corrected chi connectivity index (χ3v) is 7.96. The standard InChI is InChI=1S/C26H14BrCl2NO5/c27-12-5-8-14(9-6-12)30-24(33)19-20(25(30)34)26(22(31)15-3-1-2-4-16(15)23(26)32)35-21(19)17-10-7-13(28)11-18(17)29/h1-11,19-21H/t19-,20+,21+/m0/s1. The number of carbonyl (C=O) groups is 4. The summed E-state index contributed by atoms with van der Waals surface area (Å²) < 4.78 is 7.00. The molecule has 0 radical (unpaired) electrons. The predicted octanol–water partition coefficient (Wildman–Crippen LogP) is 5.45. The maximum Gasteiger partial charge on any atom is 0.241 e. The van der Waals surface area contributed by atoms with Crippen LogP contribution >= 0.6 is 39.1 Å². The number of benzene rings is 3. The summed E-state index contributed by atoms with van der Waals surface area (Å²) in [5.41, 5.74) is -1.11. The number of amides is 2. The van der Waals surface area contributed by atoms with Gasteiger partial charge in [0.15, 0.2) is 0 Å². The number of ether oxygens (including phenoxy) is 1. The van der Waals surface area contributed by atoms with Gasteiger partial charge in [-0.25, -0.2) is 4.90 Å². The molecule has 0 saturated carbocycles. The minimum Gasteiger partial charge on any atom is -0.349 e. The fraction of sp³-hybridized carbons (Fsp3) is 0.154. The van der Waals surface area contributed by atoms with E-state index in [1.807, 2.05) is 0 Å². The molecule has 174 valence electrons. The number of hydrogen-bond donors (Lipinski definition) is 0. The Morgan fingerprint density at radius 3 is 2.06 bits per heavy atom. The van der Waals surface area contributed by atoms with E-state index in [2.05, 4.69) is 15.9 Å². The van der Waals surface area contributed by atoms with Crippen molar-refractivity contribution < 1.29 is 23.9 Å². The summed E-state index contributed by atoms with van der Waals surface area (Å²) in [5, 5.41) is 0.574. The Kier molecular flexibility index (Phi) is 5.06. The molecule has 0 bridgehead atoms. The molecule has 3 atom stereocenters. The van der Waals surface area contributed by atoms with E-state index in [4.69, 9.17) is 27.9 Å². The van der Waals surface area contributed by atoms with E-state index in [1.165, 1.54) is 18.2 Å². The van der Waals surface area contributed by atoms with Gasteiger partial charge in [0.1, 0.15) is 0 Å². The molecule has 3 aromatic rings. The molecule has 0 N–H and O–H groups in total. The van der Waals surface area contributed by atoms with Gasteiger partial charge in [-0.15, -0.1) is 0 Å². The van der Waals surface area contributed by atoms with E-state index in [1.54, 1.807) is 48.5 Å². The van der Waals surface area contributed by atoms with Gasteiger partial charge >= 0.3 is 0 Å². The Labute approximate surface area is 217 Å². The molecule has 0 unspecified atom stereocenters. The molecule has 35 heavy (non-hydrogen) atoms. The van der Waals surface area contributed by atoms with Crippen molar-refractivity contribution in [2.45, 2.75) is 11.7 Å². The fourth-order valence-corrected chi connectivity index (χ4v) is 6.16. The Hall–Kier alpha value is -2.84. The molecule has 6 nitrogen and oxygen atoms in total. The number of hydrogen-bond acceptors (Lipinski definition) is 5. The number of anilines is 1. The number of carbonyl (C=O) groups excluding carboxylic acids is 4. The summed E-state index contributed by atoms with van der Waals surface area (Å²) in [7, 11) is 0. The van der Waals surface area contributed by atoms with E-state index >= 15 is 0 Å². The highest BCUT2D eigenvalue weighted by Crippen LogP contribution is 2.58. The van der Waals surface area contributed by atoms with E-state index in [9.17, 15) is 19.2 Å². The lowest BCUT2D eigenvalue weighted by atomic mass is 9.77. The monoisotopic (exact) mass is 569 g/mol. The average molecular weight is 571 g/mol. The summed E-state index contributed by atoms with van der Waals surface area (Å²) in [5.74, 6) is -4.95. The van der Waals surface area contributed by atoms with Crippen molar-refractivity contribution in [1.29, 1.82) is 0 Å². The first-order valence-corrected chi connectivity index (χ1v) is 12.3. The van der Waals surface area contributed by atoms with Crippen molar-refractivity contribution in [2.24, 2.45) is 11.8 Å². The third kappa shape index (κ3) is 2.99. The number of rotatable bonds is 2. The Morgan fingerprint density at radius 1 is 0.829 bits per heavy atom. The largest absolute Gasteiger partial charge is 0.349 e. The van der Waals surface area contributed by atoms with Gasteiger partial charge < -0.3 is 4.74 Å². The lowest BCUT2D eigenvalue weighted by Crippen LogP contribution is -2.51. The summed E-state index contributed by atoms with van der Waals surface area (Å²) in [6.07, 6.45) is -1.11. The highest BCUT2D eigenvalue weighted by Gasteiger charge is 2.74. The number of ketones is 2. The maximum atomic E-state index is 13.9. The van der Waals surface area contributed by atoms with E-state index in [0.717, 1.165) is 9.37 Å². The fourth-order valence-electron chi connectivity index (χ4n) is 5.38. The van der Waals surface area contributed by atoms with Crippen molar-refractivity contribution >= 4 is 68.2 Å². The molecule has 6 rings (SSSR count). The van der Waals surface area contributed by atoms with Crippen LogP contribution in [0.3, 0.4) is 0 Å². The quantitative estimate of drug-likeness (QED) is 0.302. The molecule has 2 saturated heterocycles. The molecule has 2 amide bonds. The van der Waals surface area contributed by atoms with Crippen molar-refractivity contribution in [3.05, 3.63) is 97.9 Å². The maximum absolute atomic E-state index is 13.9. The molecule has 0 aromatic heterocycles. The first-order chi connectivity index (χ1) is 16.8. The zero-order valence-electron chi connectivity index (χ0n) is 17.7. The van der Waals surface area contributed by atoms with Gasteiger partial charge in [0.25, 0.3) is 0 Å². The van der Waals surface area contributed by atoms with Crippen LogP contribution in [-0.2, 0) is 14.3 Å².